The number of anilines is 2. The average molecular weight is 272 g/mol. The second-order valence-electron chi connectivity index (χ2n) is 4.12. The van der Waals surface area contributed by atoms with E-state index in [2.05, 4.69) is 10.1 Å². The smallest absolute Gasteiger partial charge is 0.175 e. The number of hydrogen-bond acceptors (Lipinski definition) is 5. The van der Waals surface area contributed by atoms with Crippen molar-refractivity contribution in [3.8, 4) is 5.75 Å². The fraction of sp³-hybridized carbons (Fsp3) is 0.143. The SMILES string of the molecule is COc1cccnc1N(C)c1cccc(/C(N)=N/O)c1. The Labute approximate surface area is 117 Å². The van der Waals surface area contributed by atoms with Gasteiger partial charge in [-0.25, -0.2) is 4.98 Å². The number of rotatable bonds is 4. The zero-order valence-electron chi connectivity index (χ0n) is 11.3. The predicted molar refractivity (Wildman–Crippen MR) is 77.8 cm³/mol. The number of amidine groups is 1. The Morgan fingerprint density at radius 1 is 1.35 bits per heavy atom. The normalized spacial score (nSPS) is 11.2. The molecule has 0 amide bonds. The van der Waals surface area contributed by atoms with Gasteiger partial charge in [-0.15, -0.1) is 0 Å². The van der Waals surface area contributed by atoms with Crippen molar-refractivity contribution in [2.45, 2.75) is 0 Å². The predicted octanol–water partition coefficient (Wildman–Crippen LogP) is 1.95. The fourth-order valence-electron chi connectivity index (χ4n) is 1.85. The highest BCUT2D eigenvalue weighted by Gasteiger charge is 2.12. The van der Waals surface area contributed by atoms with Crippen LogP contribution in [-0.4, -0.2) is 30.2 Å². The van der Waals surface area contributed by atoms with Crippen LogP contribution < -0.4 is 15.4 Å². The van der Waals surface area contributed by atoms with Gasteiger partial charge in [-0.2, -0.15) is 0 Å². The molecule has 6 heteroatoms. The van der Waals surface area contributed by atoms with Gasteiger partial charge in [0, 0.05) is 24.5 Å². The molecule has 1 aromatic heterocycles. The molecule has 0 aliphatic heterocycles. The molecule has 0 saturated carbocycles. The van der Waals surface area contributed by atoms with E-state index in [1.54, 1.807) is 19.4 Å². The molecule has 2 rings (SSSR count). The van der Waals surface area contributed by atoms with Crippen molar-refractivity contribution in [3.63, 3.8) is 0 Å². The first-order valence-electron chi connectivity index (χ1n) is 5.98. The summed E-state index contributed by atoms with van der Waals surface area (Å²) in [4.78, 5) is 6.18. The van der Waals surface area contributed by atoms with E-state index >= 15 is 0 Å². The van der Waals surface area contributed by atoms with E-state index in [0.29, 0.717) is 17.1 Å². The van der Waals surface area contributed by atoms with Crippen molar-refractivity contribution in [2.24, 2.45) is 10.9 Å². The van der Waals surface area contributed by atoms with E-state index in [1.807, 2.05) is 42.3 Å². The number of aromatic nitrogens is 1. The van der Waals surface area contributed by atoms with Crippen molar-refractivity contribution < 1.29 is 9.94 Å². The molecule has 0 atom stereocenters. The summed E-state index contributed by atoms with van der Waals surface area (Å²) in [6, 6.07) is 11.0. The first kappa shape index (κ1) is 13.7. The van der Waals surface area contributed by atoms with Crippen LogP contribution in [0.4, 0.5) is 11.5 Å². The molecule has 2 aromatic rings. The van der Waals surface area contributed by atoms with Crippen LogP contribution in [0.25, 0.3) is 0 Å². The Hall–Kier alpha value is -2.76. The quantitative estimate of drug-likeness (QED) is 0.384. The zero-order valence-corrected chi connectivity index (χ0v) is 11.3. The minimum atomic E-state index is 0.0632. The molecule has 6 nitrogen and oxygen atoms in total. The van der Waals surface area contributed by atoms with Crippen molar-refractivity contribution in [2.75, 3.05) is 19.1 Å². The Morgan fingerprint density at radius 2 is 2.15 bits per heavy atom. The van der Waals surface area contributed by atoms with Gasteiger partial charge >= 0.3 is 0 Å². The largest absolute Gasteiger partial charge is 0.493 e. The monoisotopic (exact) mass is 272 g/mol. The Bertz CT molecular complexity index is 628. The van der Waals surface area contributed by atoms with Crippen molar-refractivity contribution in [1.82, 2.24) is 4.98 Å². The molecule has 0 unspecified atom stereocenters. The third-order valence-electron chi connectivity index (χ3n) is 2.93. The van der Waals surface area contributed by atoms with Crippen LogP contribution >= 0.6 is 0 Å². The Balaban J connectivity index is 2.41. The lowest BCUT2D eigenvalue weighted by Crippen LogP contribution is -2.16. The van der Waals surface area contributed by atoms with Crippen LogP contribution in [0.5, 0.6) is 5.75 Å². The van der Waals surface area contributed by atoms with Crippen LogP contribution in [0.15, 0.2) is 47.8 Å². The summed E-state index contributed by atoms with van der Waals surface area (Å²) in [5, 5.41) is 11.7. The molecule has 1 heterocycles. The lowest BCUT2D eigenvalue weighted by atomic mass is 10.1. The molecule has 0 saturated heterocycles. The number of benzene rings is 1. The lowest BCUT2D eigenvalue weighted by molar-refractivity contribution is 0.318. The fourth-order valence-corrected chi connectivity index (χ4v) is 1.85. The highest BCUT2D eigenvalue weighted by molar-refractivity contribution is 5.98. The number of pyridine rings is 1. The molecule has 0 radical (unpaired) electrons. The summed E-state index contributed by atoms with van der Waals surface area (Å²) in [5.41, 5.74) is 7.08. The maximum absolute atomic E-state index is 8.73. The third-order valence-corrected chi connectivity index (χ3v) is 2.93. The van der Waals surface area contributed by atoms with Crippen molar-refractivity contribution in [1.29, 1.82) is 0 Å². The van der Waals surface area contributed by atoms with Crippen LogP contribution in [-0.2, 0) is 0 Å². The molecule has 0 fully saturated rings. The van der Waals surface area contributed by atoms with Gasteiger partial charge in [0.25, 0.3) is 0 Å². The zero-order chi connectivity index (χ0) is 14.5. The van der Waals surface area contributed by atoms with Crippen molar-refractivity contribution >= 4 is 17.3 Å². The average Bonchev–Trinajstić information content (AvgIpc) is 2.53. The van der Waals surface area contributed by atoms with Crippen LogP contribution in [0.3, 0.4) is 0 Å². The van der Waals surface area contributed by atoms with Gasteiger partial charge < -0.3 is 20.6 Å². The molecule has 104 valence electrons. The van der Waals surface area contributed by atoms with Gasteiger partial charge in [-0.1, -0.05) is 17.3 Å². The van der Waals surface area contributed by atoms with E-state index in [0.717, 1.165) is 5.69 Å². The molecule has 3 N–H and O–H groups in total. The molecule has 0 aliphatic rings. The second kappa shape index (κ2) is 5.92. The van der Waals surface area contributed by atoms with E-state index in [9.17, 15) is 0 Å². The molecule has 0 aliphatic carbocycles. The number of ether oxygens (including phenoxy) is 1. The summed E-state index contributed by atoms with van der Waals surface area (Å²) in [6.45, 7) is 0. The highest BCUT2D eigenvalue weighted by Crippen LogP contribution is 2.30. The maximum Gasteiger partial charge on any atom is 0.175 e. The minimum Gasteiger partial charge on any atom is -0.493 e. The Morgan fingerprint density at radius 3 is 2.85 bits per heavy atom. The summed E-state index contributed by atoms with van der Waals surface area (Å²) in [6.07, 6.45) is 1.70. The topological polar surface area (TPSA) is 84.0 Å². The number of oxime groups is 1. The standard InChI is InChI=1S/C14H16N4O2/c1-18(14-12(20-2)7-4-8-16-14)11-6-3-5-10(9-11)13(15)17-19/h3-9,19H,1-2H3,(H2,15,17). The van der Waals surface area contributed by atoms with Gasteiger partial charge in [-0.05, 0) is 24.3 Å². The first-order valence-corrected chi connectivity index (χ1v) is 5.98. The summed E-state index contributed by atoms with van der Waals surface area (Å²) in [7, 11) is 3.47. The number of nitrogens with zero attached hydrogens (tertiary/aromatic N) is 3. The van der Waals surface area contributed by atoms with Crippen molar-refractivity contribution in [3.05, 3.63) is 48.2 Å². The molecule has 0 spiro atoms. The van der Waals surface area contributed by atoms with Gasteiger partial charge in [0.05, 0.1) is 7.11 Å². The first-order chi connectivity index (χ1) is 9.67. The summed E-state index contributed by atoms with van der Waals surface area (Å²) in [5.74, 6) is 1.42. The van der Waals surface area contributed by atoms with Gasteiger partial charge in [0.15, 0.2) is 17.4 Å². The minimum absolute atomic E-state index is 0.0632. The van der Waals surface area contributed by atoms with Crippen LogP contribution in [0, 0.1) is 0 Å². The molecular weight excluding hydrogens is 256 g/mol. The number of nitrogens with two attached hydrogens (primary N) is 1. The summed E-state index contributed by atoms with van der Waals surface area (Å²) >= 11 is 0. The van der Waals surface area contributed by atoms with Crippen LogP contribution in [0.2, 0.25) is 0 Å². The number of methoxy groups -OCH3 is 1. The molecular formula is C14H16N4O2. The van der Waals surface area contributed by atoms with Gasteiger partial charge in [-0.3, -0.25) is 0 Å². The third kappa shape index (κ3) is 2.64. The number of hydrogen-bond donors (Lipinski definition) is 2. The van der Waals surface area contributed by atoms with E-state index < -0.39 is 0 Å². The molecule has 20 heavy (non-hydrogen) atoms. The molecule has 1 aromatic carbocycles. The van der Waals surface area contributed by atoms with Gasteiger partial charge in [0.2, 0.25) is 0 Å². The highest BCUT2D eigenvalue weighted by atomic mass is 16.5. The van der Waals surface area contributed by atoms with Gasteiger partial charge in [0.1, 0.15) is 0 Å². The van der Waals surface area contributed by atoms with E-state index in [-0.39, 0.29) is 5.84 Å². The lowest BCUT2D eigenvalue weighted by Gasteiger charge is -2.20. The van der Waals surface area contributed by atoms with E-state index in [4.69, 9.17) is 15.7 Å². The summed E-state index contributed by atoms with van der Waals surface area (Å²) < 4.78 is 5.29. The maximum atomic E-state index is 8.73. The van der Waals surface area contributed by atoms with E-state index in [1.165, 1.54) is 0 Å². The van der Waals surface area contributed by atoms with Crippen LogP contribution in [0.1, 0.15) is 5.56 Å². The molecule has 0 bridgehead atoms. The Kier molecular flexibility index (Phi) is 4.05. The second-order valence-corrected chi connectivity index (χ2v) is 4.12.